The van der Waals surface area contributed by atoms with Gasteiger partial charge in [0.1, 0.15) is 10.5 Å². The minimum atomic E-state index is -0.277. The first-order valence-corrected chi connectivity index (χ1v) is 7.16. The summed E-state index contributed by atoms with van der Waals surface area (Å²) < 4.78 is 0.600. The number of nitrogens with one attached hydrogen (secondary N) is 2. The normalized spacial score (nSPS) is 12.6. The predicted octanol–water partition coefficient (Wildman–Crippen LogP) is 2.45. The molecule has 1 unspecified atom stereocenters. The van der Waals surface area contributed by atoms with E-state index in [1.165, 1.54) is 11.3 Å². The van der Waals surface area contributed by atoms with Crippen LogP contribution in [0.2, 0.25) is 0 Å². The van der Waals surface area contributed by atoms with Crippen LogP contribution in [0.5, 0.6) is 0 Å². The van der Waals surface area contributed by atoms with Crippen LogP contribution in [0.25, 0.3) is 20.8 Å². The Morgan fingerprint density at radius 1 is 1.38 bits per heavy atom. The molecule has 0 bridgehead atoms. The number of imidazole rings is 1. The second kappa shape index (κ2) is 5.97. The zero-order valence-corrected chi connectivity index (χ0v) is 13.2. The van der Waals surface area contributed by atoms with Crippen molar-refractivity contribution in [1.29, 1.82) is 0 Å². The molecule has 0 saturated carbocycles. The molecule has 3 heterocycles. The zero-order valence-electron chi connectivity index (χ0n) is 11.6. The lowest BCUT2D eigenvalue weighted by atomic mass is 10.1. The highest BCUT2D eigenvalue weighted by Gasteiger charge is 2.16. The molecule has 3 rings (SSSR count). The number of aromatic amines is 2. The van der Waals surface area contributed by atoms with E-state index in [2.05, 4.69) is 19.9 Å². The van der Waals surface area contributed by atoms with E-state index in [1.807, 2.05) is 19.9 Å². The Morgan fingerprint density at radius 3 is 2.76 bits per heavy atom. The number of aromatic nitrogens is 4. The van der Waals surface area contributed by atoms with Crippen LogP contribution in [0.3, 0.4) is 0 Å². The van der Waals surface area contributed by atoms with E-state index in [-0.39, 0.29) is 29.9 Å². The summed E-state index contributed by atoms with van der Waals surface area (Å²) in [4.78, 5) is 27.4. The second-order valence-electron chi connectivity index (χ2n) is 5.00. The van der Waals surface area contributed by atoms with E-state index in [0.29, 0.717) is 16.0 Å². The van der Waals surface area contributed by atoms with Crippen molar-refractivity contribution in [2.45, 2.75) is 19.9 Å². The molecule has 0 fully saturated rings. The van der Waals surface area contributed by atoms with E-state index >= 15 is 0 Å². The molecular weight excluding hydrogens is 310 g/mol. The van der Waals surface area contributed by atoms with Crippen molar-refractivity contribution in [3.8, 4) is 10.6 Å². The number of hydrogen-bond acceptors (Lipinski definition) is 5. The van der Waals surface area contributed by atoms with Gasteiger partial charge in [-0.1, -0.05) is 13.8 Å². The van der Waals surface area contributed by atoms with Crippen molar-refractivity contribution >= 4 is 34.0 Å². The van der Waals surface area contributed by atoms with Gasteiger partial charge in [0, 0.05) is 6.20 Å². The number of nitrogens with two attached hydrogens (primary N) is 1. The standard InChI is InChI=1S/C13H15N5OS.ClH/c1-6(2)10(14)12-17-7-3-9(8-4-15-5-16-8)20-11(7)13(19)18-12;/h3-6,10H,14H2,1-2H3,(H,15,16)(H,17,18,19);1H. The van der Waals surface area contributed by atoms with Gasteiger partial charge in [-0.05, 0) is 12.0 Å². The summed E-state index contributed by atoms with van der Waals surface area (Å²) in [6.45, 7) is 4.00. The van der Waals surface area contributed by atoms with Gasteiger partial charge in [0.2, 0.25) is 0 Å². The van der Waals surface area contributed by atoms with Gasteiger partial charge >= 0.3 is 0 Å². The average molecular weight is 326 g/mol. The number of rotatable bonds is 3. The summed E-state index contributed by atoms with van der Waals surface area (Å²) in [5.41, 5.74) is 7.38. The second-order valence-corrected chi connectivity index (χ2v) is 6.05. The number of hydrogen-bond donors (Lipinski definition) is 3. The monoisotopic (exact) mass is 325 g/mol. The van der Waals surface area contributed by atoms with Gasteiger partial charge in [0.15, 0.2) is 0 Å². The molecule has 0 aliphatic carbocycles. The van der Waals surface area contributed by atoms with Crippen LogP contribution in [-0.4, -0.2) is 19.9 Å². The summed E-state index contributed by atoms with van der Waals surface area (Å²) in [6.07, 6.45) is 3.40. The fraction of sp³-hybridized carbons (Fsp3) is 0.308. The Hall–Kier alpha value is -1.70. The van der Waals surface area contributed by atoms with Crippen LogP contribution in [0, 0.1) is 5.92 Å². The van der Waals surface area contributed by atoms with Gasteiger partial charge < -0.3 is 15.7 Å². The smallest absolute Gasteiger partial charge is 0.268 e. The Labute approximate surface area is 131 Å². The maximum atomic E-state index is 12.1. The number of H-pyrrole nitrogens is 2. The average Bonchev–Trinajstić information content (AvgIpc) is 3.05. The lowest BCUT2D eigenvalue weighted by Crippen LogP contribution is -2.23. The number of nitrogens with zero attached hydrogens (tertiary/aromatic N) is 2. The molecule has 112 valence electrons. The first kappa shape index (κ1) is 15.7. The van der Waals surface area contributed by atoms with Gasteiger partial charge in [0.05, 0.1) is 28.5 Å². The first-order valence-electron chi connectivity index (χ1n) is 6.34. The van der Waals surface area contributed by atoms with Crippen molar-refractivity contribution in [3.05, 3.63) is 34.8 Å². The zero-order chi connectivity index (χ0) is 14.3. The highest BCUT2D eigenvalue weighted by atomic mass is 35.5. The largest absolute Gasteiger partial charge is 0.351 e. The maximum Gasteiger partial charge on any atom is 0.268 e. The molecule has 0 amide bonds. The summed E-state index contributed by atoms with van der Waals surface area (Å²) in [7, 11) is 0. The summed E-state index contributed by atoms with van der Waals surface area (Å²) in [6, 6.07) is 1.60. The first-order chi connectivity index (χ1) is 9.56. The predicted molar refractivity (Wildman–Crippen MR) is 86.8 cm³/mol. The number of halogens is 1. The molecule has 21 heavy (non-hydrogen) atoms. The third-order valence-corrected chi connectivity index (χ3v) is 4.33. The molecule has 0 spiro atoms. The third kappa shape index (κ3) is 2.85. The Balaban J connectivity index is 0.00000161. The fourth-order valence-electron chi connectivity index (χ4n) is 1.95. The van der Waals surface area contributed by atoms with E-state index in [0.717, 1.165) is 10.6 Å². The van der Waals surface area contributed by atoms with E-state index in [1.54, 1.807) is 12.5 Å². The molecular formula is C13H16ClN5OS. The number of thiophene rings is 1. The minimum absolute atomic E-state index is 0. The highest BCUT2D eigenvalue weighted by Crippen LogP contribution is 2.29. The van der Waals surface area contributed by atoms with Gasteiger partial charge in [-0.2, -0.15) is 0 Å². The Morgan fingerprint density at radius 2 is 2.14 bits per heavy atom. The van der Waals surface area contributed by atoms with Crippen LogP contribution in [0.15, 0.2) is 23.4 Å². The van der Waals surface area contributed by atoms with Crippen LogP contribution < -0.4 is 11.3 Å². The Kier molecular flexibility index (Phi) is 4.46. The van der Waals surface area contributed by atoms with E-state index < -0.39 is 0 Å². The molecule has 3 aromatic heterocycles. The van der Waals surface area contributed by atoms with Crippen molar-refractivity contribution in [2.24, 2.45) is 11.7 Å². The molecule has 4 N–H and O–H groups in total. The van der Waals surface area contributed by atoms with Crippen molar-refractivity contribution < 1.29 is 0 Å². The quantitative estimate of drug-likeness (QED) is 0.688. The topological polar surface area (TPSA) is 100 Å². The molecule has 3 aromatic rings. The maximum absolute atomic E-state index is 12.1. The van der Waals surface area contributed by atoms with E-state index in [4.69, 9.17) is 5.73 Å². The molecule has 0 aromatic carbocycles. The molecule has 0 radical (unpaired) electrons. The fourth-order valence-corrected chi connectivity index (χ4v) is 2.91. The van der Waals surface area contributed by atoms with Gasteiger partial charge in [0.25, 0.3) is 5.56 Å². The van der Waals surface area contributed by atoms with Crippen LogP contribution in [-0.2, 0) is 0 Å². The lowest BCUT2D eigenvalue weighted by Gasteiger charge is -2.13. The van der Waals surface area contributed by atoms with Crippen LogP contribution >= 0.6 is 23.7 Å². The van der Waals surface area contributed by atoms with Crippen LogP contribution in [0.1, 0.15) is 25.7 Å². The molecule has 0 saturated heterocycles. The lowest BCUT2D eigenvalue weighted by molar-refractivity contribution is 0.491. The molecule has 6 nitrogen and oxygen atoms in total. The van der Waals surface area contributed by atoms with E-state index in [9.17, 15) is 4.79 Å². The van der Waals surface area contributed by atoms with Crippen molar-refractivity contribution in [2.75, 3.05) is 0 Å². The van der Waals surface area contributed by atoms with Crippen molar-refractivity contribution in [3.63, 3.8) is 0 Å². The van der Waals surface area contributed by atoms with Gasteiger partial charge in [-0.3, -0.25) is 4.79 Å². The summed E-state index contributed by atoms with van der Waals surface area (Å²) >= 11 is 1.38. The van der Waals surface area contributed by atoms with Gasteiger partial charge in [-0.15, -0.1) is 23.7 Å². The molecule has 0 aliphatic rings. The summed E-state index contributed by atoms with van der Waals surface area (Å²) in [5, 5.41) is 0. The SMILES string of the molecule is CC(C)C(N)c1nc2cc(-c3c[nH]cn3)sc2c(=O)[nH]1.Cl. The Bertz CT molecular complexity index is 793. The summed E-state index contributed by atoms with van der Waals surface area (Å²) in [5.74, 6) is 0.740. The van der Waals surface area contributed by atoms with Gasteiger partial charge in [-0.25, -0.2) is 9.97 Å². The number of fused-ring (bicyclic) bond motifs is 1. The molecule has 8 heteroatoms. The van der Waals surface area contributed by atoms with Crippen molar-refractivity contribution in [1.82, 2.24) is 19.9 Å². The minimum Gasteiger partial charge on any atom is -0.351 e. The highest BCUT2D eigenvalue weighted by molar-refractivity contribution is 7.22. The van der Waals surface area contributed by atoms with Crippen LogP contribution in [0.4, 0.5) is 0 Å². The molecule has 1 atom stereocenters. The third-order valence-electron chi connectivity index (χ3n) is 3.19. The molecule has 0 aliphatic heterocycles.